The molecule has 3 fully saturated rings. The van der Waals surface area contributed by atoms with Gasteiger partial charge in [-0.1, -0.05) is 12.1 Å². The highest BCUT2D eigenvalue weighted by atomic mass is 32.2. The predicted octanol–water partition coefficient (Wildman–Crippen LogP) is 2.46. The van der Waals surface area contributed by atoms with Crippen LogP contribution < -0.4 is 4.72 Å². The van der Waals surface area contributed by atoms with E-state index in [9.17, 15) is 27.1 Å². The summed E-state index contributed by atoms with van der Waals surface area (Å²) in [6, 6.07) is 2.92. The van der Waals surface area contributed by atoms with Gasteiger partial charge in [0, 0.05) is 5.92 Å². The number of fused-ring (bicyclic) bond motifs is 1. The number of hydrogen-bond acceptors (Lipinski definition) is 5. The van der Waals surface area contributed by atoms with E-state index in [2.05, 4.69) is 4.72 Å². The van der Waals surface area contributed by atoms with Crippen molar-refractivity contribution in [1.29, 1.82) is 0 Å². The summed E-state index contributed by atoms with van der Waals surface area (Å²) in [5.41, 5.74) is 0.963. The maximum absolute atomic E-state index is 13.5. The Hall–Kier alpha value is -1.82. The fraction of sp³-hybridized carbons (Fsp3) is 0.667. The first-order valence-electron chi connectivity index (χ1n) is 10.8. The number of benzene rings is 1. The lowest BCUT2D eigenvalue weighted by molar-refractivity contribution is -0.0120. The summed E-state index contributed by atoms with van der Waals surface area (Å²) in [6.07, 6.45) is 1.81. The molecule has 11 heteroatoms. The van der Waals surface area contributed by atoms with E-state index in [0.717, 1.165) is 31.2 Å². The standard InChI is InChI=1S/C21H28F2N2O6S/c22-12-32(28,29)24-20-17-9-30-10-18(17)25(21(26)27)19(20)11-31-16-6-4-13(5-7-16)14-2-1-3-15(23)8-14/h1-3,8,13,16-20,24H,4-7,9-12H2,(H,26,27). The Morgan fingerprint density at radius 1 is 1.25 bits per heavy atom. The molecule has 0 radical (unpaired) electrons. The van der Waals surface area contributed by atoms with Gasteiger partial charge in [0.2, 0.25) is 16.0 Å². The number of alkyl halides is 1. The molecule has 1 aliphatic carbocycles. The van der Waals surface area contributed by atoms with E-state index in [4.69, 9.17) is 9.47 Å². The topological polar surface area (TPSA) is 105 Å². The average molecular weight is 475 g/mol. The van der Waals surface area contributed by atoms with Crippen molar-refractivity contribution in [3.05, 3.63) is 35.6 Å². The molecule has 0 spiro atoms. The van der Waals surface area contributed by atoms with Crippen LogP contribution in [0.4, 0.5) is 13.6 Å². The van der Waals surface area contributed by atoms with Crippen molar-refractivity contribution in [1.82, 2.24) is 9.62 Å². The molecule has 2 saturated heterocycles. The van der Waals surface area contributed by atoms with Gasteiger partial charge < -0.3 is 14.6 Å². The molecule has 2 aliphatic heterocycles. The van der Waals surface area contributed by atoms with Crippen LogP contribution >= 0.6 is 0 Å². The second kappa shape index (κ2) is 9.58. The molecule has 3 aliphatic rings. The Kier molecular flexibility index (Phi) is 6.99. The number of amides is 1. The van der Waals surface area contributed by atoms with Gasteiger partial charge in [-0.25, -0.2) is 26.7 Å². The number of nitrogens with zero attached hydrogens (tertiary/aromatic N) is 1. The zero-order valence-electron chi connectivity index (χ0n) is 17.5. The van der Waals surface area contributed by atoms with E-state index in [-0.39, 0.29) is 37.7 Å². The number of hydrogen-bond donors (Lipinski definition) is 2. The van der Waals surface area contributed by atoms with E-state index in [1.54, 1.807) is 12.1 Å². The summed E-state index contributed by atoms with van der Waals surface area (Å²) in [7, 11) is -4.19. The van der Waals surface area contributed by atoms with Crippen LogP contribution in [-0.2, 0) is 19.5 Å². The van der Waals surface area contributed by atoms with E-state index >= 15 is 0 Å². The van der Waals surface area contributed by atoms with Crippen LogP contribution in [0.5, 0.6) is 0 Å². The van der Waals surface area contributed by atoms with Crippen molar-refractivity contribution in [2.45, 2.75) is 55.8 Å². The first kappa shape index (κ1) is 23.3. The molecule has 1 saturated carbocycles. The van der Waals surface area contributed by atoms with Gasteiger partial charge in [-0.15, -0.1) is 0 Å². The normalized spacial score (nSPS) is 32.8. The predicted molar refractivity (Wildman–Crippen MR) is 111 cm³/mol. The number of rotatable bonds is 7. The van der Waals surface area contributed by atoms with Crippen LogP contribution in [0.3, 0.4) is 0 Å². The number of carboxylic acid groups (broad SMARTS) is 1. The van der Waals surface area contributed by atoms with E-state index in [1.807, 2.05) is 6.07 Å². The Balaban J connectivity index is 1.40. The van der Waals surface area contributed by atoms with Crippen LogP contribution in [0.25, 0.3) is 0 Å². The Morgan fingerprint density at radius 3 is 2.66 bits per heavy atom. The largest absolute Gasteiger partial charge is 0.465 e. The quantitative estimate of drug-likeness (QED) is 0.629. The van der Waals surface area contributed by atoms with Gasteiger partial charge >= 0.3 is 6.09 Å². The van der Waals surface area contributed by atoms with Gasteiger partial charge in [0.05, 0.1) is 44.1 Å². The fourth-order valence-electron chi connectivity index (χ4n) is 5.32. The highest BCUT2D eigenvalue weighted by Crippen LogP contribution is 2.38. The average Bonchev–Trinajstić information content (AvgIpc) is 3.34. The molecule has 0 bridgehead atoms. The van der Waals surface area contributed by atoms with Gasteiger partial charge in [0.15, 0.2) is 0 Å². The molecular formula is C21H28F2N2O6S. The third-order valence-electron chi connectivity index (χ3n) is 6.86. The molecule has 1 aromatic carbocycles. The molecule has 4 atom stereocenters. The SMILES string of the molecule is O=C(O)N1C2COCC2C(NS(=O)(=O)CF)C1COC1CCC(c2cccc(F)c2)CC1. The van der Waals surface area contributed by atoms with Crippen molar-refractivity contribution >= 4 is 16.1 Å². The summed E-state index contributed by atoms with van der Waals surface area (Å²) in [6.45, 7) is 0.372. The number of carbonyl (C=O) groups is 1. The van der Waals surface area contributed by atoms with Gasteiger partial charge in [0.1, 0.15) is 5.82 Å². The molecule has 0 aromatic heterocycles. The summed E-state index contributed by atoms with van der Waals surface area (Å²) >= 11 is 0. The first-order valence-corrected chi connectivity index (χ1v) is 12.5. The second-order valence-corrected chi connectivity index (χ2v) is 10.4. The van der Waals surface area contributed by atoms with Gasteiger partial charge in [-0.2, -0.15) is 0 Å². The minimum atomic E-state index is -4.19. The highest BCUT2D eigenvalue weighted by molar-refractivity contribution is 7.89. The number of ether oxygens (including phenoxy) is 2. The molecular weight excluding hydrogens is 446 g/mol. The smallest absolute Gasteiger partial charge is 0.408 e. The van der Waals surface area contributed by atoms with E-state index in [0.29, 0.717) is 0 Å². The minimum Gasteiger partial charge on any atom is -0.465 e. The van der Waals surface area contributed by atoms with Crippen molar-refractivity contribution in [2.75, 3.05) is 25.8 Å². The molecule has 1 aromatic rings. The number of halogens is 2. The van der Waals surface area contributed by atoms with Crippen LogP contribution in [0.1, 0.15) is 37.2 Å². The molecule has 1 amide bonds. The fourth-order valence-corrected chi connectivity index (χ4v) is 6.13. The van der Waals surface area contributed by atoms with Gasteiger partial charge in [0.25, 0.3) is 0 Å². The lowest BCUT2D eigenvalue weighted by Crippen LogP contribution is -2.52. The van der Waals surface area contributed by atoms with Crippen LogP contribution in [-0.4, -0.2) is 74.6 Å². The van der Waals surface area contributed by atoms with Crippen molar-refractivity contribution in [2.24, 2.45) is 5.92 Å². The first-order chi connectivity index (χ1) is 15.3. The monoisotopic (exact) mass is 474 g/mol. The molecule has 2 heterocycles. The van der Waals surface area contributed by atoms with Gasteiger partial charge in [-0.05, 0) is 49.3 Å². The molecule has 4 rings (SSSR count). The van der Waals surface area contributed by atoms with Gasteiger partial charge in [-0.3, -0.25) is 4.90 Å². The molecule has 2 N–H and O–H groups in total. The van der Waals surface area contributed by atoms with Crippen molar-refractivity contribution in [3.8, 4) is 0 Å². The van der Waals surface area contributed by atoms with Crippen molar-refractivity contribution < 1.29 is 36.6 Å². The zero-order chi connectivity index (χ0) is 22.9. The third-order valence-corrected chi connectivity index (χ3v) is 7.78. The summed E-state index contributed by atoms with van der Waals surface area (Å²) in [5.74, 6) is -0.412. The molecule has 4 unspecified atom stereocenters. The summed E-state index contributed by atoms with van der Waals surface area (Å²) in [5, 5.41) is 9.76. The Morgan fingerprint density at radius 2 is 2.00 bits per heavy atom. The number of likely N-dealkylation sites (tertiary alicyclic amines) is 1. The molecule has 178 valence electrons. The maximum Gasteiger partial charge on any atom is 0.408 e. The second-order valence-electron chi connectivity index (χ2n) is 8.76. The molecule has 32 heavy (non-hydrogen) atoms. The van der Waals surface area contributed by atoms with E-state index in [1.165, 1.54) is 11.0 Å². The van der Waals surface area contributed by atoms with Crippen molar-refractivity contribution in [3.63, 3.8) is 0 Å². The molecule has 8 nitrogen and oxygen atoms in total. The Bertz CT molecular complexity index is 925. The van der Waals surface area contributed by atoms with E-state index < -0.39 is 46.2 Å². The van der Waals surface area contributed by atoms with Crippen LogP contribution in [0.15, 0.2) is 24.3 Å². The number of sulfonamides is 1. The number of nitrogens with one attached hydrogen (secondary N) is 1. The lowest BCUT2D eigenvalue weighted by Gasteiger charge is -2.33. The van der Waals surface area contributed by atoms with Crippen LogP contribution in [0, 0.1) is 11.7 Å². The minimum absolute atomic E-state index is 0.00801. The zero-order valence-corrected chi connectivity index (χ0v) is 18.3. The Labute approximate surface area is 185 Å². The highest BCUT2D eigenvalue weighted by Gasteiger charge is 2.55. The lowest BCUT2D eigenvalue weighted by atomic mass is 9.82. The maximum atomic E-state index is 13.5. The third kappa shape index (κ3) is 4.90. The van der Waals surface area contributed by atoms with Crippen LogP contribution in [0.2, 0.25) is 0 Å². The summed E-state index contributed by atoms with van der Waals surface area (Å²) < 4.78 is 64.0. The summed E-state index contributed by atoms with van der Waals surface area (Å²) in [4.78, 5) is 13.1.